The molecule has 0 radical (unpaired) electrons. The standard InChI is InChI=1S/C13H16O2S/c1-10(14)16-9-5-8-12-13(15-12)11-6-3-2-4-7-11/h2-4,6-7,12-13H,5,8-9H2,1H3/t12-,13+/m1/s1. The van der Waals surface area contributed by atoms with Gasteiger partial charge in [0.2, 0.25) is 0 Å². The lowest BCUT2D eigenvalue weighted by molar-refractivity contribution is -0.109. The molecule has 1 heterocycles. The molecule has 1 aromatic rings. The maximum Gasteiger partial charge on any atom is 0.185 e. The summed E-state index contributed by atoms with van der Waals surface area (Å²) >= 11 is 1.40. The van der Waals surface area contributed by atoms with Crippen LogP contribution in [0.5, 0.6) is 0 Å². The van der Waals surface area contributed by atoms with Gasteiger partial charge in [-0.2, -0.15) is 0 Å². The van der Waals surface area contributed by atoms with Crippen LogP contribution in [0.1, 0.15) is 31.4 Å². The third-order valence-electron chi connectivity index (χ3n) is 2.65. The first-order valence-electron chi connectivity index (χ1n) is 5.61. The number of hydrogen-bond acceptors (Lipinski definition) is 3. The van der Waals surface area contributed by atoms with Crippen LogP contribution in [0, 0.1) is 0 Å². The van der Waals surface area contributed by atoms with Gasteiger partial charge in [0.15, 0.2) is 5.12 Å². The highest BCUT2D eigenvalue weighted by molar-refractivity contribution is 8.13. The summed E-state index contributed by atoms with van der Waals surface area (Å²) in [6.07, 6.45) is 2.77. The Kier molecular flexibility index (Phi) is 4.02. The third kappa shape index (κ3) is 3.35. The molecule has 1 saturated heterocycles. The van der Waals surface area contributed by atoms with Crippen LogP contribution in [0.15, 0.2) is 30.3 Å². The van der Waals surface area contributed by atoms with Crippen molar-refractivity contribution in [3.8, 4) is 0 Å². The molecule has 1 aromatic carbocycles. The van der Waals surface area contributed by atoms with Crippen molar-refractivity contribution in [2.24, 2.45) is 0 Å². The van der Waals surface area contributed by atoms with E-state index >= 15 is 0 Å². The third-order valence-corrected chi connectivity index (χ3v) is 3.55. The summed E-state index contributed by atoms with van der Waals surface area (Å²) in [7, 11) is 0. The molecule has 0 amide bonds. The van der Waals surface area contributed by atoms with Gasteiger partial charge in [0, 0.05) is 12.7 Å². The van der Waals surface area contributed by atoms with E-state index in [1.165, 1.54) is 17.3 Å². The Bertz CT molecular complexity index is 350. The highest BCUT2D eigenvalue weighted by atomic mass is 32.2. The van der Waals surface area contributed by atoms with Gasteiger partial charge in [0.1, 0.15) is 6.10 Å². The highest BCUT2D eigenvalue weighted by Gasteiger charge is 2.38. The summed E-state index contributed by atoms with van der Waals surface area (Å²) in [5, 5.41) is 0.205. The zero-order valence-corrected chi connectivity index (χ0v) is 10.2. The molecule has 2 nitrogen and oxygen atoms in total. The van der Waals surface area contributed by atoms with Crippen molar-refractivity contribution in [2.45, 2.75) is 32.0 Å². The van der Waals surface area contributed by atoms with Crippen LogP contribution in [-0.2, 0) is 9.53 Å². The van der Waals surface area contributed by atoms with E-state index in [0.29, 0.717) is 12.2 Å². The fourth-order valence-electron chi connectivity index (χ4n) is 1.80. The molecule has 0 spiro atoms. The number of benzene rings is 1. The van der Waals surface area contributed by atoms with E-state index in [1.807, 2.05) is 18.2 Å². The number of thioether (sulfide) groups is 1. The van der Waals surface area contributed by atoms with E-state index in [9.17, 15) is 4.79 Å². The smallest absolute Gasteiger partial charge is 0.185 e. The van der Waals surface area contributed by atoms with Crippen molar-refractivity contribution in [3.63, 3.8) is 0 Å². The van der Waals surface area contributed by atoms with Gasteiger partial charge in [-0.3, -0.25) is 4.79 Å². The molecular weight excluding hydrogens is 220 g/mol. The van der Waals surface area contributed by atoms with Crippen LogP contribution in [0.2, 0.25) is 0 Å². The van der Waals surface area contributed by atoms with Crippen LogP contribution >= 0.6 is 11.8 Å². The maximum absolute atomic E-state index is 10.7. The molecule has 86 valence electrons. The normalized spacial score (nSPS) is 23.1. The molecule has 0 saturated carbocycles. The van der Waals surface area contributed by atoms with E-state index in [-0.39, 0.29) is 5.12 Å². The summed E-state index contributed by atoms with van der Waals surface area (Å²) in [5.41, 5.74) is 1.27. The molecule has 16 heavy (non-hydrogen) atoms. The Balaban J connectivity index is 1.66. The molecule has 3 heteroatoms. The van der Waals surface area contributed by atoms with Gasteiger partial charge < -0.3 is 4.74 Å². The zero-order valence-electron chi connectivity index (χ0n) is 9.39. The summed E-state index contributed by atoms with van der Waals surface area (Å²) in [6, 6.07) is 10.3. The molecule has 2 atom stereocenters. The van der Waals surface area contributed by atoms with Crippen LogP contribution < -0.4 is 0 Å². The van der Waals surface area contributed by atoms with Crippen molar-refractivity contribution >= 4 is 16.9 Å². The second-order valence-corrected chi connectivity index (χ2v) is 5.26. The number of ether oxygens (including phenoxy) is 1. The number of rotatable bonds is 5. The monoisotopic (exact) mass is 236 g/mol. The first-order chi connectivity index (χ1) is 7.77. The fourth-order valence-corrected chi connectivity index (χ4v) is 2.40. The average Bonchev–Trinajstić information content (AvgIpc) is 3.05. The summed E-state index contributed by atoms with van der Waals surface area (Å²) < 4.78 is 5.62. The summed E-state index contributed by atoms with van der Waals surface area (Å²) in [6.45, 7) is 1.62. The Labute approximate surface area is 100 Å². The van der Waals surface area contributed by atoms with Crippen molar-refractivity contribution in [1.82, 2.24) is 0 Å². The topological polar surface area (TPSA) is 29.6 Å². The molecule has 0 unspecified atom stereocenters. The molecule has 1 aliphatic rings. The Hall–Kier alpha value is -0.800. The van der Waals surface area contributed by atoms with Gasteiger partial charge in [-0.1, -0.05) is 42.1 Å². The summed E-state index contributed by atoms with van der Waals surface area (Å²) in [4.78, 5) is 10.7. The lowest BCUT2D eigenvalue weighted by Gasteiger charge is -1.96. The quantitative estimate of drug-likeness (QED) is 0.581. The predicted molar refractivity (Wildman–Crippen MR) is 66.4 cm³/mol. The number of carbonyl (C=O) groups is 1. The van der Waals surface area contributed by atoms with Crippen LogP contribution in [-0.4, -0.2) is 17.0 Å². The lowest BCUT2D eigenvalue weighted by Crippen LogP contribution is -1.92. The molecule has 0 aliphatic carbocycles. The van der Waals surface area contributed by atoms with Crippen LogP contribution in [0.4, 0.5) is 0 Å². The largest absolute Gasteiger partial charge is 0.365 e. The first kappa shape index (κ1) is 11.7. The minimum Gasteiger partial charge on any atom is -0.365 e. The van der Waals surface area contributed by atoms with E-state index in [0.717, 1.165) is 18.6 Å². The molecule has 1 fully saturated rings. The van der Waals surface area contributed by atoms with Crippen molar-refractivity contribution in [1.29, 1.82) is 0 Å². The van der Waals surface area contributed by atoms with E-state index in [1.54, 1.807) is 6.92 Å². The molecule has 0 bridgehead atoms. The maximum atomic E-state index is 10.7. The van der Waals surface area contributed by atoms with Gasteiger partial charge in [-0.15, -0.1) is 0 Å². The molecule has 2 rings (SSSR count). The van der Waals surface area contributed by atoms with E-state index in [2.05, 4.69) is 12.1 Å². The molecular formula is C13H16O2S. The van der Waals surface area contributed by atoms with Crippen LogP contribution in [0.25, 0.3) is 0 Å². The first-order valence-corrected chi connectivity index (χ1v) is 6.59. The Morgan fingerprint density at radius 3 is 2.81 bits per heavy atom. The van der Waals surface area contributed by atoms with Gasteiger partial charge in [-0.25, -0.2) is 0 Å². The van der Waals surface area contributed by atoms with E-state index in [4.69, 9.17) is 4.74 Å². The van der Waals surface area contributed by atoms with Crippen molar-refractivity contribution < 1.29 is 9.53 Å². The van der Waals surface area contributed by atoms with Crippen molar-refractivity contribution in [2.75, 3.05) is 5.75 Å². The number of epoxide rings is 1. The van der Waals surface area contributed by atoms with Crippen LogP contribution in [0.3, 0.4) is 0 Å². The van der Waals surface area contributed by atoms with Crippen molar-refractivity contribution in [3.05, 3.63) is 35.9 Å². The minimum atomic E-state index is 0.205. The molecule has 0 aromatic heterocycles. The predicted octanol–water partition coefficient (Wildman–Crippen LogP) is 3.19. The highest BCUT2D eigenvalue weighted by Crippen LogP contribution is 2.41. The number of hydrogen-bond donors (Lipinski definition) is 0. The second-order valence-electron chi connectivity index (χ2n) is 3.99. The van der Waals surface area contributed by atoms with Gasteiger partial charge in [-0.05, 0) is 18.4 Å². The van der Waals surface area contributed by atoms with Gasteiger partial charge >= 0.3 is 0 Å². The lowest BCUT2D eigenvalue weighted by atomic mass is 10.1. The molecule has 0 N–H and O–H groups in total. The Morgan fingerprint density at radius 2 is 2.12 bits per heavy atom. The SMILES string of the molecule is CC(=O)SCCC[C@H]1O[C@H]1c1ccccc1. The van der Waals surface area contributed by atoms with E-state index < -0.39 is 0 Å². The molecule has 1 aliphatic heterocycles. The average molecular weight is 236 g/mol. The summed E-state index contributed by atoms with van der Waals surface area (Å²) in [5.74, 6) is 0.913. The minimum absolute atomic E-state index is 0.205. The fraction of sp³-hybridized carbons (Fsp3) is 0.462. The zero-order chi connectivity index (χ0) is 11.4. The number of carbonyl (C=O) groups excluding carboxylic acids is 1. The second kappa shape index (κ2) is 5.51. The Morgan fingerprint density at radius 1 is 1.38 bits per heavy atom. The van der Waals surface area contributed by atoms with Gasteiger partial charge in [0.25, 0.3) is 0 Å². The van der Waals surface area contributed by atoms with Gasteiger partial charge in [0.05, 0.1) is 6.10 Å².